The highest BCUT2D eigenvalue weighted by Gasteiger charge is 2.34. The second kappa shape index (κ2) is 9.82. The number of anilines is 2. The zero-order chi connectivity index (χ0) is 23.3. The number of rotatable bonds is 7. The van der Waals surface area contributed by atoms with Crippen LogP contribution >= 0.6 is 11.3 Å². The van der Waals surface area contributed by atoms with Crippen LogP contribution in [0.1, 0.15) is 25.1 Å². The monoisotopic (exact) mass is 463 g/mol. The van der Waals surface area contributed by atoms with E-state index in [0.717, 1.165) is 23.4 Å². The van der Waals surface area contributed by atoms with Crippen molar-refractivity contribution in [2.75, 3.05) is 17.2 Å². The Labute approximate surface area is 186 Å². The predicted molar refractivity (Wildman–Crippen MR) is 117 cm³/mol. The fourth-order valence-corrected chi connectivity index (χ4v) is 3.73. The lowest BCUT2D eigenvalue weighted by atomic mass is 10.1. The average molecular weight is 463 g/mol. The Balaban J connectivity index is 1.71. The van der Waals surface area contributed by atoms with Gasteiger partial charge in [0.1, 0.15) is 10.8 Å². The number of hydrogen-bond donors (Lipinski definition) is 2. The predicted octanol–water partition coefficient (Wildman–Crippen LogP) is 5.37. The van der Waals surface area contributed by atoms with Gasteiger partial charge >= 0.3 is 6.18 Å². The standard InChI is InChI=1S/C22H20F3N3O3S/c1-3-31-17-7-4-14(5-8-17)21-27-16(12-32-21)11-20(30)28-19-9-6-15(26-13(2)29)10-18(19)22(23,24)25/h4-10,12H,3,11H2,1-2H3,(H,26,29)(H,28,30). The first-order valence-corrected chi connectivity index (χ1v) is 10.5. The van der Waals surface area contributed by atoms with E-state index in [2.05, 4.69) is 15.6 Å². The van der Waals surface area contributed by atoms with Crippen molar-refractivity contribution in [2.24, 2.45) is 0 Å². The number of amides is 2. The number of benzene rings is 2. The molecule has 0 radical (unpaired) electrons. The summed E-state index contributed by atoms with van der Waals surface area (Å²) in [4.78, 5) is 27.9. The lowest BCUT2D eigenvalue weighted by molar-refractivity contribution is -0.137. The van der Waals surface area contributed by atoms with Crippen molar-refractivity contribution < 1.29 is 27.5 Å². The van der Waals surface area contributed by atoms with E-state index >= 15 is 0 Å². The van der Waals surface area contributed by atoms with Crippen molar-refractivity contribution in [3.05, 3.63) is 59.1 Å². The van der Waals surface area contributed by atoms with E-state index in [1.54, 1.807) is 5.38 Å². The van der Waals surface area contributed by atoms with Crippen LogP contribution in [0.4, 0.5) is 24.5 Å². The molecule has 2 aromatic carbocycles. The molecular formula is C22H20F3N3O3S. The number of carbonyl (C=O) groups excluding carboxylic acids is 2. The van der Waals surface area contributed by atoms with Crippen molar-refractivity contribution in [1.29, 1.82) is 0 Å². The van der Waals surface area contributed by atoms with E-state index in [4.69, 9.17) is 4.74 Å². The van der Waals surface area contributed by atoms with Gasteiger partial charge in [0, 0.05) is 23.6 Å². The molecule has 0 spiro atoms. The number of aromatic nitrogens is 1. The maximum atomic E-state index is 13.4. The molecule has 0 bridgehead atoms. The lowest BCUT2D eigenvalue weighted by Crippen LogP contribution is -2.19. The quantitative estimate of drug-likeness (QED) is 0.494. The minimum atomic E-state index is -4.71. The zero-order valence-electron chi connectivity index (χ0n) is 17.2. The highest BCUT2D eigenvalue weighted by Crippen LogP contribution is 2.36. The first-order valence-electron chi connectivity index (χ1n) is 9.62. The molecule has 32 heavy (non-hydrogen) atoms. The molecule has 1 heterocycles. The second-order valence-corrected chi connectivity index (χ2v) is 7.62. The number of carbonyl (C=O) groups is 2. The Morgan fingerprint density at radius 2 is 1.81 bits per heavy atom. The number of alkyl halides is 3. The molecule has 0 aliphatic rings. The molecule has 0 aliphatic carbocycles. The van der Waals surface area contributed by atoms with Crippen LogP contribution in [0.15, 0.2) is 47.8 Å². The van der Waals surface area contributed by atoms with Crippen molar-refractivity contribution in [3.63, 3.8) is 0 Å². The third-order valence-corrected chi connectivity index (χ3v) is 5.17. The summed E-state index contributed by atoms with van der Waals surface area (Å²) in [5, 5.41) is 6.97. The highest BCUT2D eigenvalue weighted by molar-refractivity contribution is 7.13. The first kappa shape index (κ1) is 23.3. The normalized spacial score (nSPS) is 11.2. The molecule has 1 aromatic heterocycles. The average Bonchev–Trinajstić information content (AvgIpc) is 3.17. The molecule has 2 N–H and O–H groups in total. The van der Waals surface area contributed by atoms with Gasteiger partial charge in [-0.25, -0.2) is 4.98 Å². The molecule has 0 unspecified atom stereocenters. The molecule has 0 fully saturated rings. The summed E-state index contributed by atoms with van der Waals surface area (Å²) in [6, 6.07) is 10.5. The SMILES string of the molecule is CCOc1ccc(-c2nc(CC(=O)Nc3ccc(NC(C)=O)cc3C(F)(F)F)cs2)cc1. The Kier molecular flexibility index (Phi) is 7.14. The van der Waals surface area contributed by atoms with Crippen LogP contribution in [0, 0.1) is 0 Å². The molecule has 10 heteroatoms. The summed E-state index contributed by atoms with van der Waals surface area (Å²) in [5.41, 5.74) is -0.163. The van der Waals surface area contributed by atoms with Gasteiger partial charge in [-0.3, -0.25) is 9.59 Å². The van der Waals surface area contributed by atoms with Gasteiger partial charge in [0.25, 0.3) is 0 Å². The Bertz CT molecular complexity index is 1110. The van der Waals surface area contributed by atoms with E-state index in [1.165, 1.54) is 24.3 Å². The second-order valence-electron chi connectivity index (χ2n) is 6.77. The van der Waals surface area contributed by atoms with Crippen molar-refractivity contribution >= 4 is 34.5 Å². The van der Waals surface area contributed by atoms with Gasteiger partial charge in [-0.2, -0.15) is 13.2 Å². The van der Waals surface area contributed by atoms with Gasteiger partial charge in [0.05, 0.1) is 30.0 Å². The van der Waals surface area contributed by atoms with Crippen molar-refractivity contribution in [3.8, 4) is 16.3 Å². The van der Waals surface area contributed by atoms with Gasteiger partial charge < -0.3 is 15.4 Å². The first-order chi connectivity index (χ1) is 15.2. The number of thiazole rings is 1. The molecule has 0 atom stereocenters. The molecule has 6 nitrogen and oxygen atoms in total. The van der Waals surface area contributed by atoms with Crippen LogP contribution < -0.4 is 15.4 Å². The van der Waals surface area contributed by atoms with Crippen LogP contribution in [-0.4, -0.2) is 23.4 Å². The number of nitrogens with zero attached hydrogens (tertiary/aromatic N) is 1. The molecular weight excluding hydrogens is 443 g/mol. The van der Waals surface area contributed by atoms with Crippen LogP contribution in [0.5, 0.6) is 5.75 Å². The van der Waals surface area contributed by atoms with Crippen LogP contribution in [0.25, 0.3) is 10.6 Å². The molecule has 0 aliphatic heterocycles. The molecule has 3 aromatic rings. The summed E-state index contributed by atoms with van der Waals surface area (Å²) in [7, 11) is 0. The molecule has 0 saturated carbocycles. The van der Waals surface area contributed by atoms with Crippen LogP contribution in [-0.2, 0) is 22.2 Å². The minimum absolute atomic E-state index is 0.0117. The van der Waals surface area contributed by atoms with Crippen LogP contribution in [0.2, 0.25) is 0 Å². The van der Waals surface area contributed by atoms with E-state index in [1.807, 2.05) is 31.2 Å². The van der Waals surface area contributed by atoms with Crippen LogP contribution in [0.3, 0.4) is 0 Å². The van der Waals surface area contributed by atoms with Crippen molar-refractivity contribution in [2.45, 2.75) is 26.4 Å². The summed E-state index contributed by atoms with van der Waals surface area (Å²) in [6.07, 6.45) is -4.89. The Morgan fingerprint density at radius 1 is 1.09 bits per heavy atom. The largest absolute Gasteiger partial charge is 0.494 e. The minimum Gasteiger partial charge on any atom is -0.494 e. The van der Waals surface area contributed by atoms with E-state index in [9.17, 15) is 22.8 Å². The van der Waals surface area contributed by atoms with E-state index in [-0.39, 0.29) is 12.1 Å². The fraction of sp³-hybridized carbons (Fsp3) is 0.227. The topological polar surface area (TPSA) is 80.3 Å². The smallest absolute Gasteiger partial charge is 0.418 e. The Morgan fingerprint density at radius 3 is 2.44 bits per heavy atom. The Hall–Kier alpha value is -3.40. The maximum absolute atomic E-state index is 13.4. The van der Waals surface area contributed by atoms with Gasteiger partial charge in [-0.05, 0) is 49.4 Å². The number of ether oxygens (including phenoxy) is 1. The third kappa shape index (κ3) is 6.07. The number of halogens is 3. The summed E-state index contributed by atoms with van der Waals surface area (Å²) in [6.45, 7) is 3.64. The highest BCUT2D eigenvalue weighted by atomic mass is 32.1. The van der Waals surface area contributed by atoms with Crippen molar-refractivity contribution in [1.82, 2.24) is 4.98 Å². The summed E-state index contributed by atoms with van der Waals surface area (Å²) < 4.78 is 45.7. The zero-order valence-corrected chi connectivity index (χ0v) is 18.1. The maximum Gasteiger partial charge on any atom is 0.418 e. The third-order valence-electron chi connectivity index (χ3n) is 4.23. The van der Waals surface area contributed by atoms with Gasteiger partial charge in [-0.1, -0.05) is 0 Å². The number of nitrogens with one attached hydrogen (secondary N) is 2. The lowest BCUT2D eigenvalue weighted by Gasteiger charge is -2.15. The molecule has 168 valence electrons. The molecule has 3 rings (SSSR count). The van der Waals surface area contributed by atoms with Gasteiger partial charge in [0.2, 0.25) is 11.8 Å². The van der Waals surface area contributed by atoms with E-state index in [0.29, 0.717) is 17.3 Å². The van der Waals surface area contributed by atoms with Gasteiger partial charge in [-0.15, -0.1) is 11.3 Å². The molecule has 2 amide bonds. The molecule has 0 saturated heterocycles. The van der Waals surface area contributed by atoms with Gasteiger partial charge in [0.15, 0.2) is 0 Å². The van der Waals surface area contributed by atoms with E-state index < -0.39 is 29.2 Å². The number of hydrogen-bond acceptors (Lipinski definition) is 5. The summed E-state index contributed by atoms with van der Waals surface area (Å²) >= 11 is 1.33. The summed E-state index contributed by atoms with van der Waals surface area (Å²) in [5.74, 6) is -0.398. The fourth-order valence-electron chi connectivity index (χ4n) is 2.91.